The zero-order valence-corrected chi connectivity index (χ0v) is 12.7. The summed E-state index contributed by atoms with van der Waals surface area (Å²) < 4.78 is 5.28. The lowest BCUT2D eigenvalue weighted by Gasteiger charge is -2.10. The summed E-state index contributed by atoms with van der Waals surface area (Å²) in [5, 5.41) is 10.8. The van der Waals surface area contributed by atoms with Crippen LogP contribution in [0.1, 0.15) is 49.4 Å². The average molecular weight is 300 g/mol. The summed E-state index contributed by atoms with van der Waals surface area (Å²) in [4.78, 5) is 23.4. The van der Waals surface area contributed by atoms with E-state index >= 15 is 0 Å². The molecule has 2 rings (SSSR count). The molecule has 0 amide bonds. The van der Waals surface area contributed by atoms with E-state index in [4.69, 9.17) is 4.74 Å². The fraction of sp³-hybridized carbons (Fsp3) is 0.333. The van der Waals surface area contributed by atoms with Crippen molar-refractivity contribution in [2.45, 2.75) is 39.0 Å². The number of rotatable bonds is 7. The Bertz CT molecular complexity index is 676. The molecule has 2 aromatic carbocycles. The first-order chi connectivity index (χ1) is 10.6. The number of fused-ring (bicyclic) bond motifs is 1. The molecule has 0 fully saturated rings. The molecule has 1 N–H and O–H groups in total. The molecule has 2 aromatic rings. The smallest absolute Gasteiger partial charge is 0.340 e. The first-order valence-corrected chi connectivity index (χ1v) is 7.59. The van der Waals surface area contributed by atoms with Crippen molar-refractivity contribution in [3.05, 3.63) is 42.0 Å². The van der Waals surface area contributed by atoms with Crippen LogP contribution < -0.4 is 4.74 Å². The normalized spacial score (nSPS) is 10.6. The van der Waals surface area contributed by atoms with Crippen molar-refractivity contribution < 1.29 is 19.4 Å². The van der Waals surface area contributed by atoms with Gasteiger partial charge in [-0.2, -0.15) is 0 Å². The molecule has 22 heavy (non-hydrogen) atoms. The third-order valence-electron chi connectivity index (χ3n) is 3.56. The average Bonchev–Trinajstić information content (AvgIpc) is 2.51. The van der Waals surface area contributed by atoms with Crippen LogP contribution in [0, 0.1) is 0 Å². The summed E-state index contributed by atoms with van der Waals surface area (Å²) >= 11 is 0. The van der Waals surface area contributed by atoms with Crippen LogP contribution in [-0.4, -0.2) is 17.0 Å². The third-order valence-corrected chi connectivity index (χ3v) is 3.56. The largest absolute Gasteiger partial charge is 0.478 e. The first kappa shape index (κ1) is 16.0. The highest BCUT2D eigenvalue weighted by Gasteiger charge is 2.17. The quantitative estimate of drug-likeness (QED) is 0.467. The number of carboxylic acid groups (broad SMARTS) is 1. The van der Waals surface area contributed by atoms with Gasteiger partial charge in [0.2, 0.25) is 0 Å². The van der Waals surface area contributed by atoms with Gasteiger partial charge in [-0.25, -0.2) is 4.79 Å². The van der Waals surface area contributed by atoms with Crippen molar-refractivity contribution in [2.75, 3.05) is 0 Å². The Kier molecular flexibility index (Phi) is 5.53. The van der Waals surface area contributed by atoms with Crippen molar-refractivity contribution in [3.63, 3.8) is 0 Å². The molecule has 0 aliphatic rings. The minimum absolute atomic E-state index is 0.0417. The molecule has 0 aliphatic heterocycles. The van der Waals surface area contributed by atoms with Crippen LogP contribution in [-0.2, 0) is 4.79 Å². The van der Waals surface area contributed by atoms with E-state index in [2.05, 4.69) is 6.92 Å². The maximum absolute atomic E-state index is 11.9. The van der Waals surface area contributed by atoms with E-state index in [1.54, 1.807) is 24.3 Å². The van der Waals surface area contributed by atoms with Crippen LogP contribution in [0.15, 0.2) is 36.4 Å². The van der Waals surface area contributed by atoms with Gasteiger partial charge in [0, 0.05) is 6.42 Å². The van der Waals surface area contributed by atoms with Crippen molar-refractivity contribution in [2.24, 2.45) is 0 Å². The van der Waals surface area contributed by atoms with Crippen LogP contribution in [0.2, 0.25) is 0 Å². The molecule has 0 spiro atoms. The monoisotopic (exact) mass is 300 g/mol. The number of ether oxygens (including phenoxy) is 1. The summed E-state index contributed by atoms with van der Waals surface area (Å²) in [7, 11) is 0. The number of unbranched alkanes of at least 4 members (excludes halogenated alkanes) is 3. The Labute approximate surface area is 129 Å². The van der Waals surface area contributed by atoms with Crippen molar-refractivity contribution >= 4 is 22.7 Å². The van der Waals surface area contributed by atoms with Crippen LogP contribution >= 0.6 is 0 Å². The molecular weight excluding hydrogens is 280 g/mol. The number of carbonyl (C=O) groups excluding carboxylic acids is 1. The Morgan fingerprint density at radius 1 is 1.05 bits per heavy atom. The molecule has 0 aliphatic carbocycles. The van der Waals surface area contributed by atoms with Crippen molar-refractivity contribution in [1.29, 1.82) is 0 Å². The van der Waals surface area contributed by atoms with Crippen LogP contribution in [0.25, 0.3) is 10.8 Å². The molecule has 4 nitrogen and oxygen atoms in total. The molecule has 0 bridgehead atoms. The lowest BCUT2D eigenvalue weighted by Crippen LogP contribution is -2.11. The molecular formula is C18H20O4. The minimum Gasteiger partial charge on any atom is -0.478 e. The SMILES string of the molecule is CCCCCCC(=O)Oc1ccc2ccccc2c1C(=O)O. The zero-order valence-electron chi connectivity index (χ0n) is 12.7. The van der Waals surface area contributed by atoms with Gasteiger partial charge in [0.25, 0.3) is 0 Å². The maximum atomic E-state index is 11.9. The first-order valence-electron chi connectivity index (χ1n) is 7.59. The van der Waals surface area contributed by atoms with E-state index in [0.717, 1.165) is 31.1 Å². The van der Waals surface area contributed by atoms with Crippen LogP contribution in [0.5, 0.6) is 5.75 Å². The summed E-state index contributed by atoms with van der Waals surface area (Å²) in [5.74, 6) is -1.36. The van der Waals surface area contributed by atoms with Crippen molar-refractivity contribution in [3.8, 4) is 5.75 Å². The summed E-state index contributed by atoms with van der Waals surface area (Å²) in [6.45, 7) is 2.10. The van der Waals surface area contributed by atoms with Gasteiger partial charge in [-0.1, -0.05) is 56.5 Å². The van der Waals surface area contributed by atoms with Gasteiger partial charge >= 0.3 is 11.9 Å². The highest BCUT2D eigenvalue weighted by atomic mass is 16.5. The van der Waals surface area contributed by atoms with Gasteiger partial charge in [0.15, 0.2) is 0 Å². The molecule has 0 unspecified atom stereocenters. The van der Waals surface area contributed by atoms with Gasteiger partial charge in [-0.15, -0.1) is 0 Å². The molecule has 0 heterocycles. The number of carbonyl (C=O) groups is 2. The number of aromatic carboxylic acids is 1. The second-order valence-electron chi connectivity index (χ2n) is 5.25. The predicted molar refractivity (Wildman–Crippen MR) is 85.3 cm³/mol. The number of hydrogen-bond donors (Lipinski definition) is 1. The molecule has 0 atom stereocenters. The van der Waals surface area contributed by atoms with E-state index in [-0.39, 0.29) is 17.3 Å². The Morgan fingerprint density at radius 3 is 2.55 bits per heavy atom. The minimum atomic E-state index is -1.09. The summed E-state index contributed by atoms with van der Waals surface area (Å²) in [6, 6.07) is 10.5. The van der Waals surface area contributed by atoms with Crippen molar-refractivity contribution in [1.82, 2.24) is 0 Å². The maximum Gasteiger partial charge on any atom is 0.340 e. The van der Waals surface area contributed by atoms with Gasteiger partial charge in [0.1, 0.15) is 11.3 Å². The van der Waals surface area contributed by atoms with Gasteiger partial charge in [-0.3, -0.25) is 4.79 Å². The highest BCUT2D eigenvalue weighted by molar-refractivity contribution is 6.06. The summed E-state index contributed by atoms with van der Waals surface area (Å²) in [6.07, 6.45) is 4.25. The zero-order chi connectivity index (χ0) is 15.9. The van der Waals surface area contributed by atoms with E-state index in [9.17, 15) is 14.7 Å². The number of hydrogen-bond acceptors (Lipinski definition) is 3. The topological polar surface area (TPSA) is 63.6 Å². The van der Waals surface area contributed by atoms with E-state index in [1.165, 1.54) is 0 Å². The van der Waals surface area contributed by atoms with E-state index in [1.807, 2.05) is 12.1 Å². The van der Waals surface area contributed by atoms with E-state index < -0.39 is 5.97 Å². The fourth-order valence-electron chi connectivity index (χ4n) is 2.43. The van der Waals surface area contributed by atoms with E-state index in [0.29, 0.717) is 11.8 Å². The van der Waals surface area contributed by atoms with Crippen LogP contribution in [0.3, 0.4) is 0 Å². The lowest BCUT2D eigenvalue weighted by molar-refractivity contribution is -0.134. The number of benzene rings is 2. The van der Waals surface area contributed by atoms with Gasteiger partial charge < -0.3 is 9.84 Å². The molecule has 0 aromatic heterocycles. The number of esters is 1. The molecule has 4 heteroatoms. The third kappa shape index (κ3) is 3.85. The molecule has 0 radical (unpaired) electrons. The Balaban J connectivity index is 2.18. The second-order valence-corrected chi connectivity index (χ2v) is 5.25. The Morgan fingerprint density at radius 2 is 1.82 bits per heavy atom. The highest BCUT2D eigenvalue weighted by Crippen LogP contribution is 2.28. The Hall–Kier alpha value is -2.36. The van der Waals surface area contributed by atoms with Crippen LogP contribution in [0.4, 0.5) is 0 Å². The summed E-state index contributed by atoms with van der Waals surface area (Å²) in [5.41, 5.74) is 0.0417. The number of carboxylic acids is 1. The molecule has 0 saturated heterocycles. The molecule has 0 saturated carbocycles. The predicted octanol–water partition coefficient (Wildman–Crippen LogP) is 4.41. The standard InChI is InChI=1S/C18H20O4/c1-2-3-4-5-10-16(19)22-15-12-11-13-8-6-7-9-14(13)17(15)18(20)21/h6-9,11-12H,2-5,10H2,1H3,(H,20,21). The van der Waals surface area contributed by atoms with Gasteiger partial charge in [0.05, 0.1) is 0 Å². The van der Waals surface area contributed by atoms with Gasteiger partial charge in [-0.05, 0) is 23.3 Å². The fourth-order valence-corrected chi connectivity index (χ4v) is 2.43. The molecule has 116 valence electrons. The second kappa shape index (κ2) is 7.59. The lowest BCUT2D eigenvalue weighted by atomic mass is 10.0.